The molecule has 0 fully saturated rings. The number of hydrogen-bond donors (Lipinski definition) is 0. The minimum absolute atomic E-state index is 0.0334. The van der Waals surface area contributed by atoms with Crippen LogP contribution in [0.5, 0.6) is 5.75 Å². The van der Waals surface area contributed by atoms with Crippen LogP contribution in [0.1, 0.15) is 19.8 Å². The fourth-order valence-corrected chi connectivity index (χ4v) is 1.27. The number of nitrogens with zero attached hydrogens (tertiary/aromatic N) is 1. The lowest BCUT2D eigenvalue weighted by Gasteiger charge is -2.06. The molecule has 5 nitrogen and oxygen atoms in total. The molecular weight excluding hydrogens is 248 g/mol. The normalized spacial score (nSPS) is 10.2. The van der Waals surface area contributed by atoms with E-state index in [-0.39, 0.29) is 18.8 Å². The van der Waals surface area contributed by atoms with Gasteiger partial charge in [0.25, 0.3) is 0 Å². The zero-order valence-electron chi connectivity index (χ0n) is 9.61. The molecule has 0 radical (unpaired) electrons. The van der Waals surface area contributed by atoms with Gasteiger partial charge in [-0.15, -0.1) is 0 Å². The van der Waals surface area contributed by atoms with Crippen molar-refractivity contribution in [3.63, 3.8) is 0 Å². The van der Waals surface area contributed by atoms with Crippen molar-refractivity contribution in [3.8, 4) is 5.75 Å². The van der Waals surface area contributed by atoms with Gasteiger partial charge in [-0.1, -0.05) is 0 Å². The maximum absolute atomic E-state index is 13.3. The molecule has 0 saturated carbocycles. The third-order valence-electron chi connectivity index (χ3n) is 2.13. The third-order valence-corrected chi connectivity index (χ3v) is 2.13. The minimum Gasteiger partial charge on any atom is -0.490 e. The van der Waals surface area contributed by atoms with E-state index in [9.17, 15) is 23.7 Å². The summed E-state index contributed by atoms with van der Waals surface area (Å²) in [5.74, 6) is -2.61. The van der Waals surface area contributed by atoms with Gasteiger partial charge in [0, 0.05) is 12.5 Å². The van der Waals surface area contributed by atoms with Crippen molar-refractivity contribution in [2.45, 2.75) is 19.8 Å². The van der Waals surface area contributed by atoms with E-state index < -0.39 is 28.0 Å². The number of rotatable bonds is 6. The molecule has 1 rings (SSSR count). The molecule has 0 amide bonds. The minimum atomic E-state index is -1.16. The summed E-state index contributed by atoms with van der Waals surface area (Å²) < 4.78 is 31.4. The van der Waals surface area contributed by atoms with Gasteiger partial charge in [0.05, 0.1) is 17.6 Å². The average molecular weight is 259 g/mol. The van der Waals surface area contributed by atoms with Crippen LogP contribution in [0.4, 0.5) is 14.5 Å². The molecule has 1 aromatic carbocycles. The van der Waals surface area contributed by atoms with Crippen LogP contribution in [-0.4, -0.2) is 17.3 Å². The van der Waals surface area contributed by atoms with Crippen molar-refractivity contribution < 1.29 is 23.2 Å². The van der Waals surface area contributed by atoms with Gasteiger partial charge in [-0.2, -0.15) is 4.39 Å². The van der Waals surface area contributed by atoms with E-state index in [0.717, 1.165) is 0 Å². The highest BCUT2D eigenvalue weighted by Gasteiger charge is 2.19. The van der Waals surface area contributed by atoms with Crippen molar-refractivity contribution in [3.05, 3.63) is 33.9 Å². The fourth-order valence-electron chi connectivity index (χ4n) is 1.27. The lowest BCUT2D eigenvalue weighted by atomic mass is 10.2. The van der Waals surface area contributed by atoms with Gasteiger partial charge < -0.3 is 9.53 Å². The second-order valence-corrected chi connectivity index (χ2v) is 3.65. The standard InChI is InChI=1S/C11H11F2NO4/c1-7(15)3-2-4-18-11-6-8(12)10(14(16)17)5-9(11)13/h5-6H,2-4H2,1H3. The van der Waals surface area contributed by atoms with Crippen LogP contribution in [0.3, 0.4) is 0 Å². The molecule has 0 aliphatic heterocycles. The first-order valence-corrected chi connectivity index (χ1v) is 5.17. The molecule has 0 bridgehead atoms. The van der Waals surface area contributed by atoms with Crippen molar-refractivity contribution in [1.82, 2.24) is 0 Å². The number of halogens is 2. The Morgan fingerprint density at radius 1 is 1.39 bits per heavy atom. The van der Waals surface area contributed by atoms with E-state index in [0.29, 0.717) is 18.6 Å². The van der Waals surface area contributed by atoms with E-state index in [1.807, 2.05) is 0 Å². The highest BCUT2D eigenvalue weighted by atomic mass is 19.1. The first kappa shape index (κ1) is 14.0. The molecule has 0 N–H and O–H groups in total. The van der Waals surface area contributed by atoms with Crippen molar-refractivity contribution in [2.75, 3.05) is 6.61 Å². The first-order valence-electron chi connectivity index (χ1n) is 5.17. The van der Waals surface area contributed by atoms with Crippen molar-refractivity contribution in [2.24, 2.45) is 0 Å². The van der Waals surface area contributed by atoms with E-state index in [2.05, 4.69) is 0 Å². The Bertz CT molecular complexity index is 476. The van der Waals surface area contributed by atoms with E-state index in [4.69, 9.17) is 4.74 Å². The predicted molar refractivity (Wildman–Crippen MR) is 58.4 cm³/mol. The number of ketones is 1. The van der Waals surface area contributed by atoms with Crippen LogP contribution in [0.15, 0.2) is 12.1 Å². The second-order valence-electron chi connectivity index (χ2n) is 3.65. The Morgan fingerprint density at radius 2 is 2.06 bits per heavy atom. The van der Waals surface area contributed by atoms with Gasteiger partial charge in [0.1, 0.15) is 5.78 Å². The largest absolute Gasteiger partial charge is 0.490 e. The smallest absolute Gasteiger partial charge is 0.307 e. The maximum atomic E-state index is 13.3. The Morgan fingerprint density at radius 3 is 2.61 bits per heavy atom. The Labute approximate surface area is 102 Å². The van der Waals surface area contributed by atoms with Crippen LogP contribution in [0, 0.1) is 21.7 Å². The second kappa shape index (κ2) is 6.04. The van der Waals surface area contributed by atoms with Gasteiger partial charge in [-0.3, -0.25) is 10.1 Å². The molecule has 0 saturated heterocycles. The summed E-state index contributed by atoms with van der Waals surface area (Å²) in [5.41, 5.74) is -0.941. The van der Waals surface area contributed by atoms with E-state index >= 15 is 0 Å². The van der Waals surface area contributed by atoms with Crippen LogP contribution < -0.4 is 4.74 Å². The molecule has 0 aliphatic carbocycles. The van der Waals surface area contributed by atoms with Crippen LogP contribution in [0.25, 0.3) is 0 Å². The van der Waals surface area contributed by atoms with E-state index in [1.165, 1.54) is 6.92 Å². The number of benzene rings is 1. The molecule has 7 heteroatoms. The maximum Gasteiger partial charge on any atom is 0.307 e. The summed E-state index contributed by atoms with van der Waals surface area (Å²) >= 11 is 0. The van der Waals surface area contributed by atoms with Gasteiger partial charge in [-0.25, -0.2) is 4.39 Å². The summed E-state index contributed by atoms with van der Waals surface area (Å²) in [6.07, 6.45) is 0.643. The molecule has 0 heterocycles. The predicted octanol–water partition coefficient (Wildman–Crippen LogP) is 2.62. The first-order chi connectivity index (χ1) is 8.41. The Kier molecular flexibility index (Phi) is 4.70. The van der Waals surface area contributed by atoms with Gasteiger partial charge in [0.2, 0.25) is 5.82 Å². The number of Topliss-reactive ketones (excluding diaryl/α,β-unsaturated/α-hetero) is 1. The number of nitro groups is 1. The Hall–Kier alpha value is -2.05. The van der Waals surface area contributed by atoms with Gasteiger partial charge in [-0.05, 0) is 13.3 Å². The van der Waals surface area contributed by atoms with E-state index in [1.54, 1.807) is 0 Å². The SMILES string of the molecule is CC(=O)CCCOc1cc(F)c([N+](=O)[O-])cc1F. The molecule has 0 unspecified atom stereocenters. The molecule has 98 valence electrons. The molecular formula is C11H11F2NO4. The molecule has 0 spiro atoms. The summed E-state index contributed by atoms with van der Waals surface area (Å²) in [4.78, 5) is 20.0. The molecule has 1 aromatic rings. The van der Waals surface area contributed by atoms with Gasteiger partial charge >= 0.3 is 5.69 Å². The number of carbonyl (C=O) groups is 1. The summed E-state index contributed by atoms with van der Waals surface area (Å²) in [5, 5.41) is 10.3. The monoisotopic (exact) mass is 259 g/mol. The number of nitro benzene ring substituents is 1. The Balaban J connectivity index is 2.70. The third kappa shape index (κ3) is 3.76. The zero-order valence-corrected chi connectivity index (χ0v) is 9.61. The average Bonchev–Trinajstić information content (AvgIpc) is 2.27. The number of hydrogen-bond acceptors (Lipinski definition) is 4. The topological polar surface area (TPSA) is 69.4 Å². The lowest BCUT2D eigenvalue weighted by Crippen LogP contribution is -2.03. The highest BCUT2D eigenvalue weighted by Crippen LogP contribution is 2.26. The lowest BCUT2D eigenvalue weighted by molar-refractivity contribution is -0.387. The van der Waals surface area contributed by atoms with Crippen molar-refractivity contribution in [1.29, 1.82) is 0 Å². The summed E-state index contributed by atoms with van der Waals surface area (Å²) in [6.45, 7) is 1.44. The summed E-state index contributed by atoms with van der Waals surface area (Å²) in [7, 11) is 0. The van der Waals surface area contributed by atoms with Crippen LogP contribution in [0.2, 0.25) is 0 Å². The molecule has 18 heavy (non-hydrogen) atoms. The van der Waals surface area contributed by atoms with Crippen LogP contribution in [-0.2, 0) is 4.79 Å². The van der Waals surface area contributed by atoms with Crippen molar-refractivity contribution >= 4 is 11.5 Å². The zero-order chi connectivity index (χ0) is 13.7. The number of ether oxygens (including phenoxy) is 1. The molecule has 0 aromatic heterocycles. The number of carbonyl (C=O) groups excluding carboxylic acids is 1. The molecule has 0 aliphatic rings. The molecule has 0 atom stereocenters. The van der Waals surface area contributed by atoms with Crippen LogP contribution >= 0.6 is 0 Å². The summed E-state index contributed by atoms with van der Waals surface area (Å²) in [6, 6.07) is 1.09. The highest BCUT2D eigenvalue weighted by molar-refractivity contribution is 5.75. The quantitative estimate of drug-likeness (QED) is 0.447. The fraction of sp³-hybridized carbons (Fsp3) is 0.364. The van der Waals surface area contributed by atoms with Gasteiger partial charge in [0.15, 0.2) is 11.6 Å².